The first-order valence-corrected chi connectivity index (χ1v) is 10.3. The van der Waals surface area contributed by atoms with Gasteiger partial charge in [-0.05, 0) is 43.2 Å². The van der Waals surface area contributed by atoms with Crippen molar-refractivity contribution in [2.75, 3.05) is 24.2 Å². The molecule has 25 heavy (non-hydrogen) atoms. The van der Waals surface area contributed by atoms with E-state index >= 15 is 4.39 Å². The summed E-state index contributed by atoms with van der Waals surface area (Å²) in [6.45, 7) is 1.85. The third kappa shape index (κ3) is 2.80. The van der Waals surface area contributed by atoms with Crippen molar-refractivity contribution < 1.29 is 8.60 Å². The summed E-state index contributed by atoms with van der Waals surface area (Å²) in [5.41, 5.74) is 2.73. The molecule has 3 aromatic rings. The van der Waals surface area contributed by atoms with E-state index < -0.39 is 9.73 Å². The monoisotopic (exact) mass is 357 g/mol. The molecule has 0 bridgehead atoms. The quantitative estimate of drug-likeness (QED) is 0.719. The Labute approximate surface area is 146 Å². The second-order valence-corrected chi connectivity index (χ2v) is 8.74. The van der Waals surface area contributed by atoms with Crippen LogP contribution in [0.4, 0.5) is 10.1 Å². The maximum atomic E-state index is 15.0. The molecule has 1 unspecified atom stereocenters. The molecule has 6 heteroatoms. The van der Waals surface area contributed by atoms with Crippen molar-refractivity contribution >= 4 is 26.3 Å². The van der Waals surface area contributed by atoms with Gasteiger partial charge in [-0.3, -0.25) is 0 Å². The Hall–Kier alpha value is -2.34. The summed E-state index contributed by atoms with van der Waals surface area (Å²) >= 11 is 0. The number of rotatable bonds is 3. The number of anilines is 1. The highest BCUT2D eigenvalue weighted by Gasteiger charge is 2.22. The van der Waals surface area contributed by atoms with Crippen LogP contribution in [0.25, 0.3) is 22.2 Å². The number of halogens is 1. The van der Waals surface area contributed by atoms with Gasteiger partial charge in [-0.2, -0.15) is 0 Å². The highest BCUT2D eigenvalue weighted by Crippen LogP contribution is 2.37. The molecule has 2 heterocycles. The number of aromatic nitrogens is 1. The average Bonchev–Trinajstić information content (AvgIpc) is 3.22. The van der Waals surface area contributed by atoms with Gasteiger partial charge in [0.2, 0.25) is 0 Å². The fourth-order valence-electron chi connectivity index (χ4n) is 3.48. The fraction of sp³-hybridized carbons (Fsp3) is 0.263. The summed E-state index contributed by atoms with van der Waals surface area (Å²) in [5.74, 6) is -0.305. The molecule has 1 aliphatic rings. The predicted molar refractivity (Wildman–Crippen MR) is 100 cm³/mol. The van der Waals surface area contributed by atoms with E-state index in [0.29, 0.717) is 21.5 Å². The lowest BCUT2D eigenvalue weighted by atomic mass is 10.1. The molecule has 130 valence electrons. The zero-order chi connectivity index (χ0) is 17.6. The van der Waals surface area contributed by atoms with Crippen molar-refractivity contribution in [3.05, 3.63) is 48.3 Å². The van der Waals surface area contributed by atoms with E-state index in [4.69, 9.17) is 4.78 Å². The summed E-state index contributed by atoms with van der Waals surface area (Å²) in [4.78, 5) is 5.81. The van der Waals surface area contributed by atoms with E-state index in [1.54, 1.807) is 18.2 Å². The van der Waals surface area contributed by atoms with E-state index in [-0.39, 0.29) is 5.82 Å². The molecule has 0 radical (unpaired) electrons. The van der Waals surface area contributed by atoms with Crippen molar-refractivity contribution in [1.29, 1.82) is 4.78 Å². The molecule has 4 rings (SSSR count). The number of hydrogen-bond donors (Lipinski definition) is 2. The Balaban J connectivity index is 1.97. The first-order valence-electron chi connectivity index (χ1n) is 8.34. The SMILES string of the molecule is CS(=N)(=O)c1ccc(N2CCCC2)c(-c2[nH]c3ccccc3c2F)c1. The maximum absolute atomic E-state index is 15.0. The molecular formula is C19H20FN3OS. The molecule has 1 fully saturated rings. The van der Waals surface area contributed by atoms with Gasteiger partial charge in [0, 0.05) is 46.4 Å². The number of nitrogens with zero attached hydrogens (tertiary/aromatic N) is 1. The van der Waals surface area contributed by atoms with Crippen LogP contribution in [0.2, 0.25) is 0 Å². The molecule has 0 saturated carbocycles. The second-order valence-electron chi connectivity index (χ2n) is 6.58. The summed E-state index contributed by atoms with van der Waals surface area (Å²) < 4.78 is 35.1. The van der Waals surface area contributed by atoms with Crippen molar-refractivity contribution in [3.8, 4) is 11.3 Å². The average molecular weight is 357 g/mol. The summed E-state index contributed by atoms with van der Waals surface area (Å²) in [6, 6.07) is 12.6. The first kappa shape index (κ1) is 16.1. The van der Waals surface area contributed by atoms with E-state index in [2.05, 4.69) is 9.88 Å². The Morgan fingerprint density at radius 2 is 1.88 bits per heavy atom. The maximum Gasteiger partial charge on any atom is 0.156 e. The highest BCUT2D eigenvalue weighted by atomic mass is 32.2. The smallest absolute Gasteiger partial charge is 0.156 e. The first-order chi connectivity index (χ1) is 11.9. The van der Waals surface area contributed by atoms with Crippen LogP contribution in [-0.4, -0.2) is 28.5 Å². The standard InChI is InChI=1S/C19H20FN3OS/c1-25(21,24)13-8-9-17(23-10-4-5-11-23)15(12-13)19-18(20)14-6-2-3-7-16(14)22-19/h2-3,6-9,12,21-22H,4-5,10-11H2,1H3. The third-order valence-corrected chi connectivity index (χ3v) is 5.93. The number of benzene rings is 2. The zero-order valence-electron chi connectivity index (χ0n) is 14.0. The van der Waals surface area contributed by atoms with Gasteiger partial charge in [-0.25, -0.2) is 13.4 Å². The van der Waals surface area contributed by atoms with Gasteiger partial charge in [0.15, 0.2) is 5.82 Å². The molecule has 1 aromatic heterocycles. The lowest BCUT2D eigenvalue weighted by Crippen LogP contribution is -2.18. The molecule has 1 saturated heterocycles. The Morgan fingerprint density at radius 1 is 1.16 bits per heavy atom. The lowest BCUT2D eigenvalue weighted by molar-refractivity contribution is 0.643. The normalized spacial score (nSPS) is 17.1. The Morgan fingerprint density at radius 3 is 2.56 bits per heavy atom. The van der Waals surface area contributed by atoms with Gasteiger partial charge in [0.05, 0.1) is 15.4 Å². The van der Waals surface area contributed by atoms with Gasteiger partial charge in [-0.1, -0.05) is 12.1 Å². The summed E-state index contributed by atoms with van der Waals surface area (Å²) in [7, 11) is -2.87. The molecule has 0 amide bonds. The van der Waals surface area contributed by atoms with Gasteiger partial charge >= 0.3 is 0 Å². The van der Waals surface area contributed by atoms with Crippen molar-refractivity contribution in [1.82, 2.24) is 4.98 Å². The molecule has 1 aliphatic heterocycles. The summed E-state index contributed by atoms with van der Waals surface area (Å²) in [6.07, 6.45) is 3.61. The topological polar surface area (TPSA) is 60.0 Å². The lowest BCUT2D eigenvalue weighted by Gasteiger charge is -2.22. The van der Waals surface area contributed by atoms with Crippen LogP contribution in [0.5, 0.6) is 0 Å². The fourth-order valence-corrected chi connectivity index (χ4v) is 4.16. The molecule has 4 nitrogen and oxygen atoms in total. The van der Waals surface area contributed by atoms with Crippen LogP contribution in [0.3, 0.4) is 0 Å². The van der Waals surface area contributed by atoms with Crippen molar-refractivity contribution in [2.24, 2.45) is 0 Å². The number of H-pyrrole nitrogens is 1. The largest absolute Gasteiger partial charge is 0.371 e. The molecule has 2 aromatic carbocycles. The van der Waals surface area contributed by atoms with E-state index in [0.717, 1.165) is 37.1 Å². The summed E-state index contributed by atoms with van der Waals surface area (Å²) in [5, 5.41) is 0.540. The highest BCUT2D eigenvalue weighted by molar-refractivity contribution is 7.91. The third-order valence-electron chi connectivity index (χ3n) is 4.78. The van der Waals surface area contributed by atoms with E-state index in [9.17, 15) is 4.21 Å². The molecule has 0 aliphatic carbocycles. The van der Waals surface area contributed by atoms with E-state index in [1.165, 1.54) is 6.26 Å². The van der Waals surface area contributed by atoms with E-state index in [1.807, 2.05) is 24.3 Å². The minimum Gasteiger partial charge on any atom is -0.371 e. The van der Waals surface area contributed by atoms with Crippen molar-refractivity contribution in [2.45, 2.75) is 17.7 Å². The van der Waals surface area contributed by atoms with Crippen LogP contribution >= 0.6 is 0 Å². The molecular weight excluding hydrogens is 337 g/mol. The molecule has 1 atom stereocenters. The molecule has 2 N–H and O–H groups in total. The number of aromatic amines is 1. The molecule has 0 spiro atoms. The van der Waals surface area contributed by atoms with Crippen LogP contribution in [0.1, 0.15) is 12.8 Å². The predicted octanol–water partition coefficient (Wildman–Crippen LogP) is 4.61. The van der Waals surface area contributed by atoms with Crippen LogP contribution < -0.4 is 4.90 Å². The number of para-hydroxylation sites is 1. The number of fused-ring (bicyclic) bond motifs is 1. The van der Waals surface area contributed by atoms with Gasteiger partial charge < -0.3 is 9.88 Å². The Kier molecular flexibility index (Phi) is 3.80. The van der Waals surface area contributed by atoms with Crippen LogP contribution in [-0.2, 0) is 9.73 Å². The minimum atomic E-state index is -2.87. The van der Waals surface area contributed by atoms with Crippen LogP contribution in [0, 0.1) is 10.6 Å². The Bertz CT molecular complexity index is 1050. The zero-order valence-corrected chi connectivity index (χ0v) is 14.8. The van der Waals surface area contributed by atoms with Crippen LogP contribution in [0.15, 0.2) is 47.4 Å². The van der Waals surface area contributed by atoms with Crippen molar-refractivity contribution in [3.63, 3.8) is 0 Å². The number of hydrogen-bond acceptors (Lipinski definition) is 3. The second kappa shape index (κ2) is 5.88. The minimum absolute atomic E-state index is 0.305. The van der Waals surface area contributed by atoms with Gasteiger partial charge in [0.1, 0.15) is 0 Å². The van der Waals surface area contributed by atoms with Gasteiger partial charge in [-0.15, -0.1) is 0 Å². The number of nitrogens with one attached hydrogen (secondary N) is 2. The van der Waals surface area contributed by atoms with Gasteiger partial charge in [0.25, 0.3) is 0 Å².